The van der Waals surface area contributed by atoms with Crippen LogP contribution in [0.1, 0.15) is 11.1 Å². The number of urea groups is 1. The van der Waals surface area contributed by atoms with E-state index in [2.05, 4.69) is 31.1 Å². The Kier molecular flexibility index (Phi) is 4.37. The maximum Gasteiger partial charge on any atom is 0.328 e. The van der Waals surface area contributed by atoms with Crippen molar-refractivity contribution in [1.29, 1.82) is 0 Å². The highest BCUT2D eigenvalue weighted by atomic mass is 79.9. The fraction of sp³-hybridized carbons (Fsp3) is 0.0500. The van der Waals surface area contributed by atoms with Gasteiger partial charge in [0.1, 0.15) is 5.57 Å². The van der Waals surface area contributed by atoms with E-state index in [0.717, 1.165) is 26.5 Å². The van der Waals surface area contributed by atoms with Crippen LogP contribution in [0.4, 0.5) is 4.79 Å². The number of imide groups is 2. The standard InChI is InChI=1S/C20H14BrN3O3/c21-14-7-5-12(6-8-14)10-24-11-13(15-3-1-2-4-17(15)24)9-16-18(25)22-20(27)23-19(16)26/h1-9,11H,10H2,(H2,22,23,25,26,27). The maximum absolute atomic E-state index is 12.0. The van der Waals surface area contributed by atoms with Gasteiger partial charge in [0, 0.05) is 33.7 Å². The zero-order valence-corrected chi connectivity index (χ0v) is 15.6. The van der Waals surface area contributed by atoms with Crippen LogP contribution in [0.2, 0.25) is 0 Å². The minimum atomic E-state index is -0.806. The third kappa shape index (κ3) is 3.41. The van der Waals surface area contributed by atoms with Gasteiger partial charge in [-0.15, -0.1) is 0 Å². The summed E-state index contributed by atoms with van der Waals surface area (Å²) >= 11 is 3.43. The molecule has 4 amide bonds. The number of halogens is 1. The average Bonchev–Trinajstić information content (AvgIpc) is 2.98. The number of aromatic nitrogens is 1. The van der Waals surface area contributed by atoms with Crippen LogP contribution >= 0.6 is 15.9 Å². The number of para-hydroxylation sites is 1. The molecule has 2 heterocycles. The highest BCUT2D eigenvalue weighted by Gasteiger charge is 2.28. The Hall–Kier alpha value is -3.19. The van der Waals surface area contributed by atoms with Crippen molar-refractivity contribution in [3.8, 4) is 0 Å². The lowest BCUT2D eigenvalue weighted by Crippen LogP contribution is -2.51. The number of fused-ring (bicyclic) bond motifs is 1. The van der Waals surface area contributed by atoms with Gasteiger partial charge in [-0.1, -0.05) is 46.3 Å². The topological polar surface area (TPSA) is 80.2 Å². The molecule has 1 aromatic heterocycles. The number of carbonyl (C=O) groups excluding carboxylic acids is 3. The van der Waals surface area contributed by atoms with Crippen molar-refractivity contribution in [1.82, 2.24) is 15.2 Å². The quantitative estimate of drug-likeness (QED) is 0.501. The second kappa shape index (κ2) is 6.85. The minimum absolute atomic E-state index is 0.0962. The van der Waals surface area contributed by atoms with E-state index >= 15 is 0 Å². The van der Waals surface area contributed by atoms with E-state index < -0.39 is 17.8 Å². The van der Waals surface area contributed by atoms with Crippen molar-refractivity contribution >= 4 is 50.8 Å². The molecule has 27 heavy (non-hydrogen) atoms. The van der Waals surface area contributed by atoms with E-state index in [4.69, 9.17) is 0 Å². The van der Waals surface area contributed by atoms with Crippen molar-refractivity contribution in [3.63, 3.8) is 0 Å². The minimum Gasteiger partial charge on any atom is -0.342 e. The number of hydrogen-bond donors (Lipinski definition) is 2. The van der Waals surface area contributed by atoms with Crippen molar-refractivity contribution in [2.24, 2.45) is 0 Å². The van der Waals surface area contributed by atoms with Crippen LogP contribution in [0.5, 0.6) is 0 Å². The lowest BCUT2D eigenvalue weighted by molar-refractivity contribution is -0.123. The Bertz CT molecular complexity index is 1090. The van der Waals surface area contributed by atoms with E-state index in [0.29, 0.717) is 6.54 Å². The number of rotatable bonds is 3. The molecule has 0 atom stereocenters. The SMILES string of the molecule is O=C1NC(=O)C(=Cc2cn(Cc3ccc(Br)cc3)c3ccccc23)C(=O)N1. The van der Waals surface area contributed by atoms with Gasteiger partial charge in [-0.3, -0.25) is 20.2 Å². The summed E-state index contributed by atoms with van der Waals surface area (Å²) in [5.41, 5.74) is 2.75. The molecule has 0 spiro atoms. The first kappa shape index (κ1) is 17.2. The van der Waals surface area contributed by atoms with Crippen molar-refractivity contribution in [2.75, 3.05) is 0 Å². The summed E-state index contributed by atoms with van der Waals surface area (Å²) in [4.78, 5) is 35.3. The number of barbiturate groups is 1. The lowest BCUT2D eigenvalue weighted by atomic mass is 10.1. The predicted molar refractivity (Wildman–Crippen MR) is 105 cm³/mol. The van der Waals surface area contributed by atoms with Gasteiger partial charge >= 0.3 is 6.03 Å². The highest BCUT2D eigenvalue weighted by molar-refractivity contribution is 9.10. The molecule has 0 unspecified atom stereocenters. The first-order valence-electron chi connectivity index (χ1n) is 8.22. The molecule has 0 aliphatic carbocycles. The zero-order chi connectivity index (χ0) is 19.0. The molecule has 2 aromatic carbocycles. The molecule has 4 rings (SSSR count). The summed E-state index contributed by atoms with van der Waals surface area (Å²) in [6.45, 7) is 0.647. The van der Waals surface area contributed by atoms with Crippen LogP contribution in [-0.4, -0.2) is 22.4 Å². The van der Waals surface area contributed by atoms with Crippen LogP contribution in [0.3, 0.4) is 0 Å². The van der Waals surface area contributed by atoms with E-state index in [1.807, 2.05) is 54.7 Å². The van der Waals surface area contributed by atoms with E-state index in [1.54, 1.807) is 0 Å². The summed E-state index contributed by atoms with van der Waals surface area (Å²) in [5, 5.41) is 5.10. The van der Waals surface area contributed by atoms with E-state index in [-0.39, 0.29) is 5.57 Å². The number of nitrogens with one attached hydrogen (secondary N) is 2. The molecule has 1 saturated heterocycles. The monoisotopic (exact) mass is 423 g/mol. The Labute approximate surface area is 163 Å². The Morgan fingerprint density at radius 1 is 0.926 bits per heavy atom. The van der Waals surface area contributed by atoms with Gasteiger partial charge in [-0.2, -0.15) is 0 Å². The van der Waals surface area contributed by atoms with Gasteiger partial charge in [0.05, 0.1) is 0 Å². The van der Waals surface area contributed by atoms with Crippen LogP contribution < -0.4 is 10.6 Å². The van der Waals surface area contributed by atoms with Crippen molar-refractivity contribution in [2.45, 2.75) is 6.54 Å². The van der Waals surface area contributed by atoms with Gasteiger partial charge in [0.2, 0.25) is 0 Å². The number of amides is 4. The van der Waals surface area contributed by atoms with Gasteiger partial charge in [0.25, 0.3) is 11.8 Å². The molecule has 1 fully saturated rings. The van der Waals surface area contributed by atoms with Gasteiger partial charge in [-0.05, 0) is 29.8 Å². The molecule has 3 aromatic rings. The number of nitrogens with zero attached hydrogens (tertiary/aromatic N) is 1. The Morgan fingerprint density at radius 3 is 2.30 bits per heavy atom. The largest absolute Gasteiger partial charge is 0.342 e. The maximum atomic E-state index is 12.0. The molecular formula is C20H14BrN3O3. The second-order valence-corrected chi connectivity index (χ2v) is 7.07. The van der Waals surface area contributed by atoms with Crippen LogP contribution in [0.25, 0.3) is 17.0 Å². The molecule has 0 bridgehead atoms. The number of carbonyl (C=O) groups is 3. The summed E-state index contributed by atoms with van der Waals surface area (Å²) in [6, 6.07) is 15.0. The van der Waals surface area contributed by atoms with Gasteiger partial charge < -0.3 is 4.57 Å². The predicted octanol–water partition coefficient (Wildman–Crippen LogP) is 3.20. The normalized spacial score (nSPS) is 14.3. The Morgan fingerprint density at radius 2 is 1.59 bits per heavy atom. The zero-order valence-electron chi connectivity index (χ0n) is 14.0. The Balaban J connectivity index is 1.77. The van der Waals surface area contributed by atoms with Crippen LogP contribution in [0, 0.1) is 0 Å². The van der Waals surface area contributed by atoms with Crippen LogP contribution in [-0.2, 0) is 16.1 Å². The number of benzene rings is 2. The molecule has 134 valence electrons. The summed E-state index contributed by atoms with van der Waals surface area (Å²) in [6.07, 6.45) is 3.41. The smallest absolute Gasteiger partial charge is 0.328 e. The van der Waals surface area contributed by atoms with Gasteiger partial charge in [0.15, 0.2) is 0 Å². The second-order valence-electron chi connectivity index (χ2n) is 6.15. The molecule has 7 heteroatoms. The molecule has 1 aliphatic heterocycles. The van der Waals surface area contributed by atoms with Crippen molar-refractivity contribution in [3.05, 3.63) is 75.9 Å². The fourth-order valence-electron chi connectivity index (χ4n) is 3.07. The van der Waals surface area contributed by atoms with Crippen LogP contribution in [0.15, 0.2) is 64.8 Å². The highest BCUT2D eigenvalue weighted by Crippen LogP contribution is 2.25. The summed E-state index contributed by atoms with van der Waals surface area (Å²) in [5.74, 6) is -1.40. The van der Waals surface area contributed by atoms with Gasteiger partial charge in [-0.25, -0.2) is 4.79 Å². The third-order valence-electron chi connectivity index (χ3n) is 4.33. The first-order valence-corrected chi connectivity index (χ1v) is 9.01. The fourth-order valence-corrected chi connectivity index (χ4v) is 3.33. The summed E-state index contributed by atoms with van der Waals surface area (Å²) < 4.78 is 3.08. The lowest BCUT2D eigenvalue weighted by Gasteiger charge is -2.13. The number of hydrogen-bond acceptors (Lipinski definition) is 3. The third-order valence-corrected chi connectivity index (χ3v) is 4.86. The van der Waals surface area contributed by atoms with Crippen molar-refractivity contribution < 1.29 is 14.4 Å². The summed E-state index contributed by atoms with van der Waals surface area (Å²) in [7, 11) is 0. The molecular weight excluding hydrogens is 410 g/mol. The average molecular weight is 424 g/mol. The molecule has 1 aliphatic rings. The molecule has 2 N–H and O–H groups in total. The van der Waals surface area contributed by atoms with E-state index in [1.165, 1.54) is 6.08 Å². The first-order chi connectivity index (χ1) is 13.0. The molecule has 0 saturated carbocycles. The molecule has 0 radical (unpaired) electrons. The molecule has 6 nitrogen and oxygen atoms in total. The van der Waals surface area contributed by atoms with E-state index in [9.17, 15) is 14.4 Å².